The Morgan fingerprint density at radius 1 is 1.55 bits per heavy atom. The van der Waals surface area contributed by atoms with Gasteiger partial charge in [-0.1, -0.05) is 18.5 Å². The Bertz CT molecular complexity index is 441. The van der Waals surface area contributed by atoms with Gasteiger partial charge in [-0.3, -0.25) is 0 Å². The van der Waals surface area contributed by atoms with E-state index in [1.807, 2.05) is 6.92 Å². The molecule has 0 aromatic carbocycles. The van der Waals surface area contributed by atoms with E-state index in [1.165, 1.54) is 6.92 Å². The maximum Gasteiger partial charge on any atom is 0.332 e. The summed E-state index contributed by atoms with van der Waals surface area (Å²) in [5.74, 6) is -1.09. The number of azide groups is 1. The van der Waals surface area contributed by atoms with E-state index in [-0.39, 0.29) is 6.10 Å². The molecule has 2 aliphatic rings. The Morgan fingerprint density at radius 3 is 2.95 bits per heavy atom. The summed E-state index contributed by atoms with van der Waals surface area (Å²) in [6, 6.07) is -0.780. The van der Waals surface area contributed by atoms with Crippen LogP contribution in [0.15, 0.2) is 5.11 Å². The molecule has 9 heteroatoms. The fourth-order valence-electron chi connectivity index (χ4n) is 2.55. The van der Waals surface area contributed by atoms with Crippen molar-refractivity contribution >= 4 is 5.97 Å². The quantitative estimate of drug-likeness (QED) is 0.313. The summed E-state index contributed by atoms with van der Waals surface area (Å²) < 4.78 is 22.5. The summed E-state index contributed by atoms with van der Waals surface area (Å²) in [5, 5.41) is 12.7. The van der Waals surface area contributed by atoms with Crippen molar-refractivity contribution < 1.29 is 28.8 Å². The number of unbranched alkanes of at least 4 members (excludes halogenated alkanes) is 1. The summed E-state index contributed by atoms with van der Waals surface area (Å²) in [4.78, 5) is 13.8. The number of hydrogen-bond acceptors (Lipinski definition) is 6. The van der Waals surface area contributed by atoms with Gasteiger partial charge in [0.05, 0.1) is 6.61 Å². The first-order valence-electron chi connectivity index (χ1n) is 7.39. The zero-order valence-corrected chi connectivity index (χ0v) is 12.6. The number of nitrogens with zero attached hydrogens (tertiary/aromatic N) is 3. The lowest BCUT2D eigenvalue weighted by molar-refractivity contribution is -0.218. The monoisotopic (exact) mass is 315 g/mol. The highest BCUT2D eigenvalue weighted by Crippen LogP contribution is 2.34. The van der Waals surface area contributed by atoms with E-state index in [1.54, 1.807) is 0 Å². The largest absolute Gasteiger partial charge is 0.479 e. The molecule has 1 N–H and O–H groups in total. The van der Waals surface area contributed by atoms with Gasteiger partial charge in [-0.25, -0.2) is 4.79 Å². The van der Waals surface area contributed by atoms with Crippen LogP contribution in [0.5, 0.6) is 0 Å². The maximum atomic E-state index is 11.1. The Hall–Kier alpha value is -1.38. The lowest BCUT2D eigenvalue weighted by atomic mass is 9.98. The molecule has 22 heavy (non-hydrogen) atoms. The lowest BCUT2D eigenvalue weighted by Gasteiger charge is -2.39. The van der Waals surface area contributed by atoms with Gasteiger partial charge in [0.15, 0.2) is 12.4 Å². The normalized spacial score (nSPS) is 34.9. The van der Waals surface area contributed by atoms with Crippen LogP contribution >= 0.6 is 0 Å². The van der Waals surface area contributed by atoms with Gasteiger partial charge in [0.1, 0.15) is 24.4 Å². The van der Waals surface area contributed by atoms with Crippen molar-refractivity contribution in [3.8, 4) is 0 Å². The SMILES string of the molecule is CCCCO[C@H]1[C@H](O[C@H](C)C(=O)O)[C@@H](N=[N+]=[N-])[C@@H]2OC[C@H]1O2. The van der Waals surface area contributed by atoms with Gasteiger partial charge in [0, 0.05) is 11.5 Å². The zero-order chi connectivity index (χ0) is 16.1. The standard InChI is InChI=1S/C13H21N3O6/c1-3-4-5-19-10-8-6-20-13(22-8)9(15-16-14)11(10)21-7(2)12(17)18/h7-11,13H,3-6H2,1-2H3,(H,17,18)/t7-,8-,9-,10-,11-,13-/m1/s1. The third-order valence-electron chi connectivity index (χ3n) is 3.74. The summed E-state index contributed by atoms with van der Waals surface area (Å²) in [7, 11) is 0. The van der Waals surface area contributed by atoms with E-state index in [0.29, 0.717) is 13.2 Å². The fourth-order valence-corrected chi connectivity index (χ4v) is 2.55. The summed E-state index contributed by atoms with van der Waals surface area (Å²) in [6.45, 7) is 4.27. The first-order chi connectivity index (χ1) is 10.6. The molecule has 0 spiro atoms. The number of fused-ring (bicyclic) bond motifs is 2. The second kappa shape index (κ2) is 7.75. The van der Waals surface area contributed by atoms with Crippen LogP contribution in [0.25, 0.3) is 10.4 Å². The van der Waals surface area contributed by atoms with E-state index in [9.17, 15) is 4.79 Å². The highest BCUT2D eigenvalue weighted by atomic mass is 16.7. The van der Waals surface area contributed by atoms with Crippen molar-refractivity contribution in [3.63, 3.8) is 0 Å². The van der Waals surface area contributed by atoms with Crippen molar-refractivity contribution in [2.45, 2.75) is 63.4 Å². The molecule has 124 valence electrons. The van der Waals surface area contributed by atoms with Gasteiger partial charge in [-0.05, 0) is 18.9 Å². The fraction of sp³-hybridized carbons (Fsp3) is 0.923. The van der Waals surface area contributed by atoms with Crippen LogP contribution in [0, 0.1) is 0 Å². The van der Waals surface area contributed by atoms with Crippen LogP contribution in [-0.2, 0) is 23.7 Å². The molecule has 2 fully saturated rings. The average molecular weight is 315 g/mol. The van der Waals surface area contributed by atoms with Gasteiger partial charge in [-0.2, -0.15) is 0 Å². The van der Waals surface area contributed by atoms with E-state index in [2.05, 4.69) is 10.0 Å². The van der Waals surface area contributed by atoms with Gasteiger partial charge >= 0.3 is 5.97 Å². The molecule has 0 amide bonds. The van der Waals surface area contributed by atoms with Crippen LogP contribution in [0.1, 0.15) is 26.7 Å². The molecule has 2 saturated heterocycles. The van der Waals surface area contributed by atoms with Crippen molar-refractivity contribution in [1.82, 2.24) is 0 Å². The Labute approximate surface area is 128 Å². The first kappa shape index (κ1) is 17.0. The van der Waals surface area contributed by atoms with Crippen molar-refractivity contribution in [2.75, 3.05) is 13.2 Å². The molecule has 2 aliphatic heterocycles. The number of carboxylic acids is 1. The third-order valence-corrected chi connectivity index (χ3v) is 3.74. The summed E-state index contributed by atoms with van der Waals surface area (Å²) in [6.07, 6.45) is -1.53. The second-order valence-corrected chi connectivity index (χ2v) is 5.34. The molecule has 0 saturated carbocycles. The molecular formula is C13H21N3O6. The molecule has 0 radical (unpaired) electrons. The van der Waals surface area contributed by atoms with Crippen LogP contribution < -0.4 is 0 Å². The predicted molar refractivity (Wildman–Crippen MR) is 74.2 cm³/mol. The minimum absolute atomic E-state index is 0.306. The molecule has 2 heterocycles. The highest BCUT2D eigenvalue weighted by Gasteiger charge is 2.52. The van der Waals surface area contributed by atoms with Crippen molar-refractivity contribution in [1.29, 1.82) is 0 Å². The maximum absolute atomic E-state index is 11.1. The summed E-state index contributed by atoms with van der Waals surface area (Å²) >= 11 is 0. The Kier molecular flexibility index (Phi) is 5.98. The number of rotatable bonds is 8. The predicted octanol–water partition coefficient (Wildman–Crippen LogP) is 1.46. The van der Waals surface area contributed by atoms with Crippen LogP contribution in [0.4, 0.5) is 0 Å². The average Bonchev–Trinajstić information content (AvgIpc) is 2.92. The van der Waals surface area contributed by atoms with E-state index >= 15 is 0 Å². The van der Waals surface area contributed by atoms with Crippen molar-refractivity contribution in [2.24, 2.45) is 5.11 Å². The number of ether oxygens (including phenoxy) is 4. The van der Waals surface area contributed by atoms with E-state index < -0.39 is 36.6 Å². The highest BCUT2D eigenvalue weighted by molar-refractivity contribution is 5.71. The molecular weight excluding hydrogens is 294 g/mol. The third kappa shape index (κ3) is 3.68. The van der Waals surface area contributed by atoms with Crippen LogP contribution in [-0.4, -0.2) is 61.0 Å². The number of hydrogen-bond donors (Lipinski definition) is 1. The number of carbonyl (C=O) groups is 1. The minimum atomic E-state index is -1.09. The molecule has 9 nitrogen and oxygen atoms in total. The van der Waals surface area contributed by atoms with Gasteiger partial charge < -0.3 is 24.1 Å². The first-order valence-corrected chi connectivity index (χ1v) is 7.39. The molecule has 0 aromatic rings. The van der Waals surface area contributed by atoms with Gasteiger partial charge in [0.25, 0.3) is 0 Å². The minimum Gasteiger partial charge on any atom is -0.479 e. The molecule has 6 atom stereocenters. The van der Waals surface area contributed by atoms with E-state index in [4.69, 9.17) is 29.6 Å². The molecule has 2 bridgehead atoms. The number of carboxylic acid groups (broad SMARTS) is 1. The van der Waals surface area contributed by atoms with Crippen LogP contribution in [0.2, 0.25) is 0 Å². The van der Waals surface area contributed by atoms with E-state index in [0.717, 1.165) is 12.8 Å². The molecule has 0 unspecified atom stereocenters. The molecule has 2 rings (SSSR count). The smallest absolute Gasteiger partial charge is 0.332 e. The Morgan fingerprint density at radius 2 is 2.32 bits per heavy atom. The molecule has 0 aromatic heterocycles. The lowest BCUT2D eigenvalue weighted by Crippen LogP contribution is -2.56. The summed E-state index contributed by atoms with van der Waals surface area (Å²) in [5.41, 5.74) is 8.74. The second-order valence-electron chi connectivity index (χ2n) is 5.34. The van der Waals surface area contributed by atoms with Crippen molar-refractivity contribution in [3.05, 3.63) is 10.4 Å². The number of aliphatic carboxylic acids is 1. The zero-order valence-electron chi connectivity index (χ0n) is 12.6. The molecule has 0 aliphatic carbocycles. The Balaban J connectivity index is 2.17. The van der Waals surface area contributed by atoms with Gasteiger partial charge in [-0.15, -0.1) is 0 Å². The van der Waals surface area contributed by atoms with Crippen LogP contribution in [0.3, 0.4) is 0 Å². The van der Waals surface area contributed by atoms with Gasteiger partial charge in [0.2, 0.25) is 0 Å². The topological polar surface area (TPSA) is 123 Å².